The number of likely N-dealkylation sites (tertiary alicyclic amines) is 1. The smallest absolute Gasteiger partial charge is 0.410 e. The van der Waals surface area contributed by atoms with Gasteiger partial charge in [0.15, 0.2) is 0 Å². The average Bonchev–Trinajstić information content (AvgIpc) is 2.59. The highest BCUT2D eigenvalue weighted by Crippen LogP contribution is 2.38. The van der Waals surface area contributed by atoms with Crippen LogP contribution < -0.4 is 0 Å². The van der Waals surface area contributed by atoms with E-state index in [1.165, 1.54) is 6.92 Å². The first-order valence-electron chi connectivity index (χ1n) is 8.96. The quantitative estimate of drug-likeness (QED) is 0.845. The molecule has 1 heterocycles. The van der Waals surface area contributed by atoms with E-state index in [0.717, 1.165) is 12.0 Å². The van der Waals surface area contributed by atoms with Gasteiger partial charge in [0, 0.05) is 30.8 Å². The molecule has 0 radical (unpaired) electrons. The van der Waals surface area contributed by atoms with Crippen LogP contribution in [0, 0.1) is 17.8 Å². The number of benzene rings is 1. The van der Waals surface area contributed by atoms with Crippen LogP contribution in [0.15, 0.2) is 30.3 Å². The summed E-state index contributed by atoms with van der Waals surface area (Å²) in [5.74, 6) is -0.0423. The van der Waals surface area contributed by atoms with Crippen LogP contribution in [0.1, 0.15) is 38.7 Å². The Morgan fingerprint density at radius 1 is 1.20 bits per heavy atom. The Balaban J connectivity index is 1.74. The summed E-state index contributed by atoms with van der Waals surface area (Å²) in [4.78, 5) is 38.7. The molecule has 0 aromatic heterocycles. The molecule has 5 heteroatoms. The first kappa shape index (κ1) is 17.6. The minimum atomic E-state index is -0.424. The molecule has 2 aliphatic rings. The lowest BCUT2D eigenvalue weighted by molar-refractivity contribution is -0.134. The number of carbonyl (C=O) groups excluding carboxylic acids is 3. The van der Waals surface area contributed by atoms with Gasteiger partial charge in [0.25, 0.3) is 0 Å². The van der Waals surface area contributed by atoms with Crippen molar-refractivity contribution in [2.45, 2.75) is 45.8 Å². The van der Waals surface area contributed by atoms with Gasteiger partial charge in [-0.1, -0.05) is 37.3 Å². The van der Waals surface area contributed by atoms with Crippen molar-refractivity contribution in [2.24, 2.45) is 17.8 Å². The number of rotatable bonds is 3. The van der Waals surface area contributed by atoms with Crippen LogP contribution in [0.3, 0.4) is 0 Å². The van der Waals surface area contributed by atoms with Crippen LogP contribution in [0.2, 0.25) is 0 Å². The van der Waals surface area contributed by atoms with Gasteiger partial charge in [-0.25, -0.2) is 4.79 Å². The summed E-state index contributed by atoms with van der Waals surface area (Å²) in [7, 11) is 0. The van der Waals surface area contributed by atoms with E-state index in [4.69, 9.17) is 4.74 Å². The predicted molar refractivity (Wildman–Crippen MR) is 92.8 cm³/mol. The molecule has 3 rings (SSSR count). The van der Waals surface area contributed by atoms with Crippen molar-refractivity contribution in [2.75, 3.05) is 6.54 Å². The highest BCUT2D eigenvalue weighted by atomic mass is 16.6. The summed E-state index contributed by atoms with van der Waals surface area (Å²) in [5, 5.41) is 0. The number of hydrogen-bond acceptors (Lipinski definition) is 4. The molecule has 0 spiro atoms. The molecule has 1 aromatic carbocycles. The number of nitrogens with zero attached hydrogens (tertiary/aromatic N) is 1. The molecule has 1 aliphatic carbocycles. The number of ketones is 2. The van der Waals surface area contributed by atoms with E-state index in [1.807, 2.05) is 37.3 Å². The van der Waals surface area contributed by atoms with E-state index in [1.54, 1.807) is 4.90 Å². The van der Waals surface area contributed by atoms with Gasteiger partial charge in [0.05, 0.1) is 0 Å². The molecular formula is C20H25NO4. The van der Waals surface area contributed by atoms with Gasteiger partial charge in [-0.15, -0.1) is 0 Å². The SMILES string of the molecule is CC(=O)[C@@H]1C[C@@H]2C(=O)C[C@@H](C)C[C@@H]2N(C(=O)OCc2ccccc2)C1. The summed E-state index contributed by atoms with van der Waals surface area (Å²) < 4.78 is 5.48. The zero-order chi connectivity index (χ0) is 18.0. The molecule has 1 saturated heterocycles. The van der Waals surface area contributed by atoms with E-state index in [9.17, 15) is 14.4 Å². The number of piperidine rings is 1. The molecule has 0 bridgehead atoms. The highest BCUT2D eigenvalue weighted by molar-refractivity contribution is 5.86. The van der Waals surface area contributed by atoms with E-state index in [0.29, 0.717) is 19.4 Å². The van der Waals surface area contributed by atoms with Crippen molar-refractivity contribution < 1.29 is 19.1 Å². The molecule has 25 heavy (non-hydrogen) atoms. The van der Waals surface area contributed by atoms with Crippen molar-refractivity contribution in [3.8, 4) is 0 Å². The summed E-state index contributed by atoms with van der Waals surface area (Å²) in [5.41, 5.74) is 0.917. The van der Waals surface area contributed by atoms with Crippen molar-refractivity contribution >= 4 is 17.7 Å². The van der Waals surface area contributed by atoms with Crippen LogP contribution >= 0.6 is 0 Å². The Labute approximate surface area is 148 Å². The molecule has 0 N–H and O–H groups in total. The minimum Gasteiger partial charge on any atom is -0.445 e. The Bertz CT molecular complexity index is 657. The van der Waals surface area contributed by atoms with Crippen molar-refractivity contribution in [3.63, 3.8) is 0 Å². The molecule has 5 nitrogen and oxygen atoms in total. The second-order valence-electron chi connectivity index (χ2n) is 7.42. The topological polar surface area (TPSA) is 63.7 Å². The fraction of sp³-hybridized carbons (Fsp3) is 0.550. The minimum absolute atomic E-state index is 0.0331. The van der Waals surface area contributed by atoms with Crippen LogP contribution in [-0.4, -0.2) is 35.1 Å². The van der Waals surface area contributed by atoms with Crippen LogP contribution in [0.4, 0.5) is 4.79 Å². The van der Waals surface area contributed by atoms with E-state index < -0.39 is 6.09 Å². The molecule has 1 saturated carbocycles. The summed E-state index contributed by atoms with van der Waals surface area (Å²) in [6.45, 7) is 4.12. The lowest BCUT2D eigenvalue weighted by Crippen LogP contribution is -2.57. The lowest BCUT2D eigenvalue weighted by atomic mass is 9.70. The van der Waals surface area contributed by atoms with Crippen LogP contribution in [0.25, 0.3) is 0 Å². The second-order valence-corrected chi connectivity index (χ2v) is 7.42. The molecule has 1 amide bonds. The van der Waals surface area contributed by atoms with E-state index >= 15 is 0 Å². The summed E-state index contributed by atoms with van der Waals surface area (Å²) >= 11 is 0. The number of amides is 1. The molecule has 2 fully saturated rings. The van der Waals surface area contributed by atoms with Gasteiger partial charge in [-0.05, 0) is 31.2 Å². The third-order valence-corrected chi connectivity index (χ3v) is 5.44. The fourth-order valence-corrected chi connectivity index (χ4v) is 4.06. The monoisotopic (exact) mass is 343 g/mol. The third kappa shape index (κ3) is 3.91. The molecule has 1 aliphatic heterocycles. The number of Topliss-reactive ketones (excluding diaryl/α,β-unsaturated/α-hetero) is 2. The van der Waals surface area contributed by atoms with Crippen LogP contribution in [-0.2, 0) is 20.9 Å². The summed E-state index contributed by atoms with van der Waals surface area (Å²) in [6, 6.07) is 9.36. The summed E-state index contributed by atoms with van der Waals surface area (Å²) in [6.07, 6.45) is 1.47. The molecule has 0 unspecified atom stereocenters. The predicted octanol–water partition coefficient (Wildman–Crippen LogP) is 3.22. The van der Waals surface area contributed by atoms with Gasteiger partial charge in [-0.3, -0.25) is 9.59 Å². The van der Waals surface area contributed by atoms with Crippen molar-refractivity contribution in [3.05, 3.63) is 35.9 Å². The molecule has 134 valence electrons. The fourth-order valence-electron chi connectivity index (χ4n) is 4.06. The Morgan fingerprint density at radius 2 is 1.92 bits per heavy atom. The van der Waals surface area contributed by atoms with Gasteiger partial charge in [0.2, 0.25) is 0 Å². The largest absolute Gasteiger partial charge is 0.445 e. The number of carbonyl (C=O) groups is 3. The van der Waals surface area contributed by atoms with Gasteiger partial charge >= 0.3 is 6.09 Å². The normalized spacial score (nSPS) is 29.0. The number of fused-ring (bicyclic) bond motifs is 1. The van der Waals surface area contributed by atoms with Crippen molar-refractivity contribution in [1.29, 1.82) is 0 Å². The maximum atomic E-state index is 12.7. The lowest BCUT2D eigenvalue weighted by Gasteiger charge is -2.46. The molecular weight excluding hydrogens is 318 g/mol. The highest BCUT2D eigenvalue weighted by Gasteiger charge is 2.46. The molecule has 1 aromatic rings. The Morgan fingerprint density at radius 3 is 2.60 bits per heavy atom. The third-order valence-electron chi connectivity index (χ3n) is 5.44. The Hall–Kier alpha value is -2.17. The maximum absolute atomic E-state index is 12.7. The average molecular weight is 343 g/mol. The van der Waals surface area contributed by atoms with Gasteiger partial charge in [-0.2, -0.15) is 0 Å². The standard InChI is InChI=1S/C20H25NO4/c1-13-8-18-17(19(23)9-13)10-16(14(2)22)11-21(18)20(24)25-12-15-6-4-3-5-7-15/h3-7,13,16-18H,8-12H2,1-2H3/t13-,16+,17-,18-/m0/s1. The number of hydrogen-bond donors (Lipinski definition) is 0. The number of ether oxygens (including phenoxy) is 1. The zero-order valence-electron chi connectivity index (χ0n) is 14.8. The van der Waals surface area contributed by atoms with Gasteiger partial charge in [0.1, 0.15) is 18.2 Å². The maximum Gasteiger partial charge on any atom is 0.410 e. The van der Waals surface area contributed by atoms with E-state index in [2.05, 4.69) is 0 Å². The van der Waals surface area contributed by atoms with Crippen molar-refractivity contribution in [1.82, 2.24) is 4.90 Å². The van der Waals surface area contributed by atoms with Gasteiger partial charge < -0.3 is 9.64 Å². The zero-order valence-corrected chi connectivity index (χ0v) is 14.8. The van der Waals surface area contributed by atoms with Crippen LogP contribution in [0.5, 0.6) is 0 Å². The first-order valence-corrected chi connectivity index (χ1v) is 8.96. The van der Waals surface area contributed by atoms with E-state index in [-0.39, 0.29) is 42.0 Å². The molecule has 4 atom stereocenters. The second kappa shape index (κ2) is 7.38. The Kier molecular flexibility index (Phi) is 5.21. The first-order chi connectivity index (χ1) is 12.0.